The van der Waals surface area contributed by atoms with E-state index in [2.05, 4.69) is 15.6 Å². The average molecular weight is 258 g/mol. The van der Waals surface area contributed by atoms with E-state index in [1.54, 1.807) is 6.20 Å². The van der Waals surface area contributed by atoms with Crippen molar-refractivity contribution in [1.82, 2.24) is 15.6 Å². The molecule has 17 heavy (non-hydrogen) atoms. The summed E-state index contributed by atoms with van der Waals surface area (Å²) in [4.78, 5) is 14.8. The fourth-order valence-electron chi connectivity index (χ4n) is 2.13. The van der Waals surface area contributed by atoms with Crippen LogP contribution in [0, 0.1) is 12.8 Å². The maximum Gasteiger partial charge on any atom is 0.253 e. The monoisotopic (exact) mass is 257 g/mol. The molecule has 1 aromatic rings. The van der Waals surface area contributed by atoms with Crippen LogP contribution in [0.25, 0.3) is 0 Å². The number of H-pyrrole nitrogens is 1. The first kappa shape index (κ1) is 14.1. The third-order valence-electron chi connectivity index (χ3n) is 3.15. The molecule has 0 aliphatic carbocycles. The molecule has 0 radical (unpaired) electrons. The van der Waals surface area contributed by atoms with Gasteiger partial charge < -0.3 is 15.6 Å². The van der Waals surface area contributed by atoms with Crippen molar-refractivity contribution in [1.29, 1.82) is 0 Å². The Bertz CT molecular complexity index is 358. The van der Waals surface area contributed by atoms with Gasteiger partial charge in [0.05, 0.1) is 5.56 Å². The molecule has 1 atom stereocenters. The number of piperidine rings is 1. The minimum atomic E-state index is 0. The van der Waals surface area contributed by atoms with Crippen LogP contribution in [0.4, 0.5) is 0 Å². The molecule has 0 bridgehead atoms. The minimum absolute atomic E-state index is 0. The van der Waals surface area contributed by atoms with Crippen LogP contribution in [0.1, 0.15) is 28.9 Å². The Morgan fingerprint density at radius 2 is 2.41 bits per heavy atom. The molecule has 1 aliphatic rings. The van der Waals surface area contributed by atoms with E-state index in [1.807, 2.05) is 13.0 Å². The van der Waals surface area contributed by atoms with Crippen molar-refractivity contribution in [2.75, 3.05) is 19.6 Å². The number of nitrogens with one attached hydrogen (secondary N) is 3. The van der Waals surface area contributed by atoms with Crippen molar-refractivity contribution in [2.24, 2.45) is 5.92 Å². The first-order valence-electron chi connectivity index (χ1n) is 5.90. The highest BCUT2D eigenvalue weighted by Crippen LogP contribution is 2.09. The summed E-state index contributed by atoms with van der Waals surface area (Å²) in [5.41, 5.74) is 1.68. The molecular formula is C12H20ClN3O. The van der Waals surface area contributed by atoms with E-state index in [0.717, 1.165) is 30.9 Å². The second kappa shape index (κ2) is 6.67. The zero-order valence-electron chi connectivity index (χ0n) is 10.1. The molecule has 2 rings (SSSR count). The van der Waals surface area contributed by atoms with Gasteiger partial charge in [0.15, 0.2) is 0 Å². The summed E-state index contributed by atoms with van der Waals surface area (Å²) < 4.78 is 0. The first-order chi connectivity index (χ1) is 7.77. The highest BCUT2D eigenvalue weighted by molar-refractivity contribution is 5.95. The number of amides is 1. The summed E-state index contributed by atoms with van der Waals surface area (Å²) >= 11 is 0. The summed E-state index contributed by atoms with van der Waals surface area (Å²) in [6, 6.07) is 1.82. The largest absolute Gasteiger partial charge is 0.365 e. The number of hydrogen-bond donors (Lipinski definition) is 3. The van der Waals surface area contributed by atoms with Gasteiger partial charge in [-0.3, -0.25) is 4.79 Å². The molecule has 3 N–H and O–H groups in total. The Balaban J connectivity index is 0.00000144. The quantitative estimate of drug-likeness (QED) is 0.768. The Kier molecular flexibility index (Phi) is 5.51. The topological polar surface area (TPSA) is 56.9 Å². The van der Waals surface area contributed by atoms with E-state index in [1.165, 1.54) is 12.8 Å². The van der Waals surface area contributed by atoms with E-state index >= 15 is 0 Å². The summed E-state index contributed by atoms with van der Waals surface area (Å²) in [5, 5.41) is 6.34. The number of aromatic amines is 1. The first-order valence-corrected chi connectivity index (χ1v) is 5.90. The smallest absolute Gasteiger partial charge is 0.253 e. The van der Waals surface area contributed by atoms with Gasteiger partial charge >= 0.3 is 0 Å². The Morgan fingerprint density at radius 1 is 1.59 bits per heavy atom. The number of aromatic nitrogens is 1. The summed E-state index contributed by atoms with van der Waals surface area (Å²) in [6.07, 6.45) is 4.22. The highest BCUT2D eigenvalue weighted by Gasteiger charge is 2.15. The Morgan fingerprint density at radius 3 is 3.00 bits per heavy atom. The molecule has 0 spiro atoms. The van der Waals surface area contributed by atoms with Gasteiger partial charge in [-0.25, -0.2) is 0 Å². The van der Waals surface area contributed by atoms with Gasteiger partial charge in [-0.05, 0) is 44.8 Å². The number of aryl methyl sites for hydroxylation is 1. The lowest BCUT2D eigenvalue weighted by molar-refractivity contribution is 0.0944. The molecule has 1 amide bonds. The van der Waals surface area contributed by atoms with Crippen LogP contribution >= 0.6 is 12.4 Å². The number of hydrogen-bond acceptors (Lipinski definition) is 2. The molecule has 2 heterocycles. The SMILES string of the molecule is Cc1[nH]ccc1C(=O)NCC1CCCNC1.Cl. The highest BCUT2D eigenvalue weighted by atomic mass is 35.5. The summed E-state index contributed by atoms with van der Waals surface area (Å²) in [5.74, 6) is 0.612. The number of carbonyl (C=O) groups excluding carboxylic acids is 1. The maximum atomic E-state index is 11.8. The van der Waals surface area contributed by atoms with Gasteiger partial charge in [-0.1, -0.05) is 0 Å². The zero-order valence-corrected chi connectivity index (χ0v) is 10.9. The van der Waals surface area contributed by atoms with E-state index < -0.39 is 0 Å². The molecule has 5 heteroatoms. The zero-order chi connectivity index (χ0) is 11.4. The standard InChI is InChI=1S/C12H19N3O.ClH/c1-9-11(4-6-14-9)12(16)15-8-10-3-2-5-13-7-10;/h4,6,10,13-14H,2-3,5,7-8H2,1H3,(H,15,16);1H. The van der Waals surface area contributed by atoms with Crippen molar-refractivity contribution < 1.29 is 4.79 Å². The molecule has 96 valence electrons. The van der Waals surface area contributed by atoms with E-state index in [-0.39, 0.29) is 18.3 Å². The van der Waals surface area contributed by atoms with Crippen molar-refractivity contribution in [2.45, 2.75) is 19.8 Å². The summed E-state index contributed by atoms with van der Waals surface area (Å²) in [7, 11) is 0. The molecule has 1 saturated heterocycles. The van der Waals surface area contributed by atoms with Crippen LogP contribution in [-0.2, 0) is 0 Å². The van der Waals surface area contributed by atoms with Crippen molar-refractivity contribution in [3.63, 3.8) is 0 Å². The molecule has 0 aromatic carbocycles. The van der Waals surface area contributed by atoms with Crippen LogP contribution in [0.5, 0.6) is 0 Å². The summed E-state index contributed by atoms with van der Waals surface area (Å²) in [6.45, 7) is 4.82. The van der Waals surface area contributed by atoms with Gasteiger partial charge in [0.1, 0.15) is 0 Å². The van der Waals surface area contributed by atoms with Gasteiger partial charge in [-0.15, -0.1) is 12.4 Å². The molecular weight excluding hydrogens is 238 g/mol. The van der Waals surface area contributed by atoms with Gasteiger partial charge in [-0.2, -0.15) is 0 Å². The number of halogens is 1. The lowest BCUT2D eigenvalue weighted by Crippen LogP contribution is -2.38. The van der Waals surface area contributed by atoms with E-state index in [9.17, 15) is 4.79 Å². The maximum absolute atomic E-state index is 11.8. The number of carbonyl (C=O) groups is 1. The lowest BCUT2D eigenvalue weighted by atomic mass is 10.00. The molecule has 1 aliphatic heterocycles. The second-order valence-corrected chi connectivity index (χ2v) is 4.44. The average Bonchev–Trinajstić information content (AvgIpc) is 2.74. The molecule has 0 saturated carbocycles. The Hall–Kier alpha value is -1.00. The Labute approximate surface area is 108 Å². The van der Waals surface area contributed by atoms with Crippen LogP contribution < -0.4 is 10.6 Å². The van der Waals surface area contributed by atoms with E-state index in [0.29, 0.717) is 5.92 Å². The normalized spacial score (nSPS) is 19.5. The molecule has 1 fully saturated rings. The van der Waals surface area contributed by atoms with Crippen molar-refractivity contribution in [3.05, 3.63) is 23.5 Å². The van der Waals surface area contributed by atoms with Crippen LogP contribution in [0.2, 0.25) is 0 Å². The fourth-order valence-corrected chi connectivity index (χ4v) is 2.13. The second-order valence-electron chi connectivity index (χ2n) is 4.44. The molecule has 4 nitrogen and oxygen atoms in total. The molecule has 1 aromatic heterocycles. The van der Waals surface area contributed by atoms with Gasteiger partial charge in [0.2, 0.25) is 0 Å². The van der Waals surface area contributed by atoms with E-state index in [4.69, 9.17) is 0 Å². The van der Waals surface area contributed by atoms with Crippen LogP contribution in [0.3, 0.4) is 0 Å². The van der Waals surface area contributed by atoms with Gasteiger partial charge in [0, 0.05) is 18.4 Å². The van der Waals surface area contributed by atoms with Crippen molar-refractivity contribution in [3.8, 4) is 0 Å². The van der Waals surface area contributed by atoms with Gasteiger partial charge in [0.25, 0.3) is 5.91 Å². The predicted octanol–water partition coefficient (Wildman–Crippen LogP) is 1.47. The lowest BCUT2D eigenvalue weighted by Gasteiger charge is -2.22. The third kappa shape index (κ3) is 3.75. The van der Waals surface area contributed by atoms with Crippen LogP contribution in [-0.4, -0.2) is 30.5 Å². The third-order valence-corrected chi connectivity index (χ3v) is 3.15. The molecule has 1 unspecified atom stereocenters. The predicted molar refractivity (Wildman–Crippen MR) is 70.7 cm³/mol. The van der Waals surface area contributed by atoms with Crippen molar-refractivity contribution >= 4 is 18.3 Å². The van der Waals surface area contributed by atoms with Crippen LogP contribution in [0.15, 0.2) is 12.3 Å². The fraction of sp³-hybridized carbons (Fsp3) is 0.583. The minimum Gasteiger partial charge on any atom is -0.365 e. The number of rotatable bonds is 3.